The Balaban J connectivity index is 0.000000810. The monoisotopic (exact) mass is 287 g/mol. The zero-order valence-electron chi connectivity index (χ0n) is 10.6. The zero-order chi connectivity index (χ0) is 11.1. The number of hydrogen-bond donors (Lipinski definition) is 1. The molecule has 18 heavy (non-hydrogen) atoms. The molecule has 1 unspecified atom stereocenters. The lowest BCUT2D eigenvalue weighted by molar-refractivity contribution is 0.603. The summed E-state index contributed by atoms with van der Waals surface area (Å²) in [6.45, 7) is 3.23. The Morgan fingerprint density at radius 1 is 1.33 bits per heavy atom. The topological polar surface area (TPSA) is 29.9 Å². The predicted octanol–water partition coefficient (Wildman–Crippen LogP) is 3.15. The van der Waals surface area contributed by atoms with Crippen LogP contribution in [0.3, 0.4) is 0 Å². The van der Waals surface area contributed by atoms with Crippen LogP contribution in [0.25, 0.3) is 11.0 Å². The lowest BCUT2D eigenvalue weighted by atomic mass is 10.1. The van der Waals surface area contributed by atoms with E-state index in [9.17, 15) is 0 Å². The standard InChI is InChI=1S/C13H17N3.2ClH/c1-9-6-10-7-12(11-4-3-5-14-11)16(2)13(10)15-8-9;;/h6-8,11,14H,3-5H2,1-2H3;2*1H. The van der Waals surface area contributed by atoms with Crippen molar-refractivity contribution in [3.8, 4) is 0 Å². The van der Waals surface area contributed by atoms with E-state index >= 15 is 0 Å². The quantitative estimate of drug-likeness (QED) is 0.873. The molecule has 0 amide bonds. The lowest BCUT2D eigenvalue weighted by Crippen LogP contribution is -2.15. The van der Waals surface area contributed by atoms with Crippen LogP contribution in [0.1, 0.15) is 30.1 Å². The Hall–Kier alpha value is -0.770. The Morgan fingerprint density at radius 2 is 2.11 bits per heavy atom. The van der Waals surface area contributed by atoms with Gasteiger partial charge in [-0.3, -0.25) is 0 Å². The molecule has 0 aliphatic carbocycles. The van der Waals surface area contributed by atoms with Crippen molar-refractivity contribution in [2.75, 3.05) is 6.54 Å². The third-order valence-electron chi connectivity index (χ3n) is 3.46. The number of nitrogens with one attached hydrogen (secondary N) is 1. The van der Waals surface area contributed by atoms with E-state index in [4.69, 9.17) is 0 Å². The van der Waals surface area contributed by atoms with Crippen LogP contribution in [0.2, 0.25) is 0 Å². The maximum absolute atomic E-state index is 4.51. The molecule has 0 bridgehead atoms. The van der Waals surface area contributed by atoms with Gasteiger partial charge in [-0.25, -0.2) is 4.98 Å². The fraction of sp³-hybridized carbons (Fsp3) is 0.462. The minimum Gasteiger partial charge on any atom is -0.331 e. The number of aromatic nitrogens is 2. The summed E-state index contributed by atoms with van der Waals surface area (Å²) < 4.78 is 2.22. The van der Waals surface area contributed by atoms with Crippen LogP contribution in [0.15, 0.2) is 18.3 Å². The number of halogens is 2. The van der Waals surface area contributed by atoms with E-state index in [1.54, 1.807) is 0 Å². The van der Waals surface area contributed by atoms with Gasteiger partial charge in [0.1, 0.15) is 5.65 Å². The fourth-order valence-electron chi connectivity index (χ4n) is 2.62. The van der Waals surface area contributed by atoms with Crippen molar-refractivity contribution in [2.45, 2.75) is 25.8 Å². The highest BCUT2D eigenvalue weighted by molar-refractivity contribution is 5.85. The summed E-state index contributed by atoms with van der Waals surface area (Å²) in [5.41, 5.74) is 3.68. The first kappa shape index (κ1) is 15.3. The van der Waals surface area contributed by atoms with Gasteiger partial charge in [-0.05, 0) is 44.0 Å². The smallest absolute Gasteiger partial charge is 0.139 e. The molecule has 1 aliphatic rings. The largest absolute Gasteiger partial charge is 0.331 e. The average Bonchev–Trinajstić information content (AvgIpc) is 2.86. The molecular formula is C13H19Cl2N3. The highest BCUT2D eigenvalue weighted by Gasteiger charge is 2.20. The average molecular weight is 288 g/mol. The summed E-state index contributed by atoms with van der Waals surface area (Å²) in [5, 5.41) is 4.80. The van der Waals surface area contributed by atoms with Gasteiger partial charge in [0.25, 0.3) is 0 Å². The molecule has 2 aromatic rings. The van der Waals surface area contributed by atoms with Crippen LogP contribution >= 0.6 is 24.8 Å². The van der Waals surface area contributed by atoms with Crippen molar-refractivity contribution in [3.05, 3.63) is 29.6 Å². The van der Waals surface area contributed by atoms with E-state index in [1.807, 2.05) is 6.20 Å². The molecule has 1 saturated heterocycles. The van der Waals surface area contributed by atoms with Crippen LogP contribution < -0.4 is 5.32 Å². The summed E-state index contributed by atoms with van der Waals surface area (Å²) in [4.78, 5) is 4.51. The molecular weight excluding hydrogens is 269 g/mol. The van der Waals surface area contributed by atoms with Gasteiger partial charge in [0.05, 0.1) is 0 Å². The maximum Gasteiger partial charge on any atom is 0.139 e. The lowest BCUT2D eigenvalue weighted by Gasteiger charge is -2.11. The van der Waals surface area contributed by atoms with Crippen molar-refractivity contribution in [2.24, 2.45) is 7.05 Å². The number of rotatable bonds is 1. The molecule has 1 fully saturated rings. The van der Waals surface area contributed by atoms with Gasteiger partial charge in [0.15, 0.2) is 0 Å². The first-order valence-corrected chi connectivity index (χ1v) is 5.91. The Morgan fingerprint density at radius 3 is 2.78 bits per heavy atom. The Kier molecular flexibility index (Phi) is 5.02. The van der Waals surface area contributed by atoms with E-state index in [1.165, 1.54) is 29.5 Å². The molecule has 0 saturated carbocycles. The summed E-state index contributed by atoms with van der Waals surface area (Å²) in [5.74, 6) is 0. The summed E-state index contributed by atoms with van der Waals surface area (Å²) in [6, 6.07) is 5.00. The van der Waals surface area contributed by atoms with Gasteiger partial charge in [0, 0.05) is 30.4 Å². The summed E-state index contributed by atoms with van der Waals surface area (Å²) in [6.07, 6.45) is 4.45. The normalized spacial score (nSPS) is 18.4. The van der Waals surface area contributed by atoms with Crippen LogP contribution in [0.5, 0.6) is 0 Å². The van der Waals surface area contributed by atoms with Crippen molar-refractivity contribution in [1.29, 1.82) is 0 Å². The van der Waals surface area contributed by atoms with E-state index in [0.29, 0.717) is 6.04 Å². The number of aryl methyl sites for hydroxylation is 2. The third-order valence-corrected chi connectivity index (χ3v) is 3.46. The maximum atomic E-state index is 4.51. The predicted molar refractivity (Wildman–Crippen MR) is 79.9 cm³/mol. The SMILES string of the molecule is Cc1cnc2c(c1)cc(C1CCCN1)n2C.Cl.Cl. The molecule has 3 heterocycles. The molecule has 3 nitrogen and oxygen atoms in total. The van der Waals surface area contributed by atoms with Crippen molar-refractivity contribution >= 4 is 35.8 Å². The van der Waals surface area contributed by atoms with Gasteiger partial charge < -0.3 is 9.88 Å². The number of nitrogens with zero attached hydrogens (tertiary/aromatic N) is 2. The van der Waals surface area contributed by atoms with E-state index in [0.717, 1.165) is 12.2 Å². The van der Waals surface area contributed by atoms with Gasteiger partial charge in [-0.2, -0.15) is 0 Å². The molecule has 0 radical (unpaired) electrons. The van der Waals surface area contributed by atoms with Gasteiger partial charge >= 0.3 is 0 Å². The van der Waals surface area contributed by atoms with Crippen LogP contribution in [0, 0.1) is 6.92 Å². The second-order valence-corrected chi connectivity index (χ2v) is 4.70. The Labute approximate surface area is 120 Å². The number of pyridine rings is 1. The molecule has 0 aromatic carbocycles. The fourth-order valence-corrected chi connectivity index (χ4v) is 2.62. The number of hydrogen-bond acceptors (Lipinski definition) is 2. The second-order valence-electron chi connectivity index (χ2n) is 4.70. The molecule has 3 rings (SSSR count). The number of fused-ring (bicyclic) bond motifs is 1. The van der Waals surface area contributed by atoms with Crippen LogP contribution in [0.4, 0.5) is 0 Å². The van der Waals surface area contributed by atoms with Crippen molar-refractivity contribution in [3.63, 3.8) is 0 Å². The highest BCUT2D eigenvalue weighted by atomic mass is 35.5. The minimum absolute atomic E-state index is 0. The first-order valence-electron chi connectivity index (χ1n) is 5.91. The molecule has 0 spiro atoms. The first-order chi connectivity index (χ1) is 7.75. The minimum atomic E-state index is 0. The highest BCUT2D eigenvalue weighted by Crippen LogP contribution is 2.27. The second kappa shape index (κ2) is 5.91. The molecule has 1 N–H and O–H groups in total. The molecule has 5 heteroatoms. The van der Waals surface area contributed by atoms with Gasteiger partial charge in [-0.15, -0.1) is 24.8 Å². The van der Waals surface area contributed by atoms with Crippen LogP contribution in [-0.2, 0) is 7.05 Å². The van der Waals surface area contributed by atoms with E-state index in [-0.39, 0.29) is 24.8 Å². The Bertz CT molecular complexity index is 530. The summed E-state index contributed by atoms with van der Waals surface area (Å²) >= 11 is 0. The zero-order valence-corrected chi connectivity index (χ0v) is 12.3. The van der Waals surface area contributed by atoms with Crippen molar-refractivity contribution in [1.82, 2.24) is 14.9 Å². The molecule has 1 atom stereocenters. The van der Waals surface area contributed by atoms with Gasteiger partial charge in [-0.1, -0.05) is 0 Å². The summed E-state index contributed by atoms with van der Waals surface area (Å²) in [7, 11) is 2.11. The van der Waals surface area contributed by atoms with E-state index in [2.05, 4.69) is 41.0 Å². The third kappa shape index (κ3) is 2.48. The van der Waals surface area contributed by atoms with Crippen molar-refractivity contribution < 1.29 is 0 Å². The van der Waals surface area contributed by atoms with E-state index < -0.39 is 0 Å². The van der Waals surface area contributed by atoms with Crippen LogP contribution in [-0.4, -0.2) is 16.1 Å². The molecule has 2 aromatic heterocycles. The molecule has 1 aliphatic heterocycles. The molecule has 100 valence electrons. The van der Waals surface area contributed by atoms with Gasteiger partial charge in [0.2, 0.25) is 0 Å².